The highest BCUT2D eigenvalue weighted by molar-refractivity contribution is 5.85. The van der Waals surface area contributed by atoms with Gasteiger partial charge in [0.15, 0.2) is 0 Å². The van der Waals surface area contributed by atoms with Gasteiger partial charge in [-0.2, -0.15) is 0 Å². The number of methoxy groups -OCH3 is 1. The van der Waals surface area contributed by atoms with Crippen molar-refractivity contribution in [1.82, 2.24) is 10.6 Å². The maximum absolute atomic E-state index is 11.2. The normalized spacial score (nSPS) is 9.62. The summed E-state index contributed by atoms with van der Waals surface area (Å²) in [6.45, 7) is 5.72. The van der Waals surface area contributed by atoms with Crippen molar-refractivity contribution in [3.8, 4) is 0 Å². The zero-order chi connectivity index (χ0) is 11.4. The first-order chi connectivity index (χ1) is 7.31. The number of rotatable bonds is 10. The van der Waals surface area contributed by atoms with Crippen LogP contribution in [0.15, 0.2) is 0 Å². The van der Waals surface area contributed by atoms with Crippen molar-refractivity contribution in [2.24, 2.45) is 0 Å². The Morgan fingerprint density at radius 1 is 1.25 bits per heavy atom. The third-order valence-electron chi connectivity index (χ3n) is 1.76. The summed E-state index contributed by atoms with van der Waals surface area (Å²) in [5, 5.41) is 5.77. The average Bonchev–Trinajstić information content (AvgIpc) is 2.24. The van der Waals surface area contributed by atoms with Gasteiger partial charge in [-0.25, -0.2) is 0 Å². The number of carbonyl (C=O) groups is 1. The molecule has 0 aliphatic rings. The minimum absolute atomic E-state index is 0. The first-order valence-electron chi connectivity index (χ1n) is 5.35. The lowest BCUT2D eigenvalue weighted by molar-refractivity contribution is -0.120. The van der Waals surface area contributed by atoms with Crippen LogP contribution in [0.3, 0.4) is 0 Å². The summed E-state index contributed by atoms with van der Waals surface area (Å²) in [6, 6.07) is 0. The maximum atomic E-state index is 11.2. The van der Waals surface area contributed by atoms with E-state index in [9.17, 15) is 4.79 Å². The van der Waals surface area contributed by atoms with E-state index < -0.39 is 0 Å². The molecule has 0 aromatic carbocycles. The lowest BCUT2D eigenvalue weighted by Crippen LogP contribution is -2.35. The summed E-state index contributed by atoms with van der Waals surface area (Å²) >= 11 is 0. The molecule has 5 nitrogen and oxygen atoms in total. The van der Waals surface area contributed by atoms with Crippen LogP contribution in [-0.2, 0) is 14.3 Å². The smallest absolute Gasteiger partial charge is 0.233 e. The summed E-state index contributed by atoms with van der Waals surface area (Å²) < 4.78 is 9.98. The van der Waals surface area contributed by atoms with Crippen molar-refractivity contribution < 1.29 is 14.3 Å². The van der Waals surface area contributed by atoms with E-state index in [1.54, 1.807) is 7.11 Å². The van der Waals surface area contributed by atoms with Gasteiger partial charge in [-0.1, -0.05) is 0 Å². The minimum Gasteiger partial charge on any atom is -0.383 e. The molecule has 0 bridgehead atoms. The summed E-state index contributed by atoms with van der Waals surface area (Å²) in [7, 11) is 1.63. The van der Waals surface area contributed by atoms with Crippen molar-refractivity contribution >= 4 is 18.3 Å². The van der Waals surface area contributed by atoms with Gasteiger partial charge in [0.25, 0.3) is 0 Å². The number of halogens is 1. The Morgan fingerprint density at radius 3 is 2.62 bits per heavy atom. The zero-order valence-corrected chi connectivity index (χ0v) is 10.9. The molecule has 1 amide bonds. The molecule has 0 spiro atoms. The lowest BCUT2D eigenvalue weighted by atomic mass is 10.4. The Morgan fingerprint density at radius 2 is 2.00 bits per heavy atom. The van der Waals surface area contributed by atoms with Crippen LogP contribution in [-0.4, -0.2) is 52.5 Å². The molecule has 0 aromatic heterocycles. The van der Waals surface area contributed by atoms with Crippen LogP contribution in [0.1, 0.15) is 13.3 Å². The largest absolute Gasteiger partial charge is 0.383 e. The fourth-order valence-corrected chi connectivity index (χ4v) is 0.985. The first kappa shape index (κ1) is 18.0. The number of hydrogen-bond acceptors (Lipinski definition) is 4. The summed E-state index contributed by atoms with van der Waals surface area (Å²) in [5.41, 5.74) is 0. The topological polar surface area (TPSA) is 59.6 Å². The molecule has 0 aliphatic heterocycles. The van der Waals surface area contributed by atoms with Crippen LogP contribution < -0.4 is 10.6 Å². The number of carbonyl (C=O) groups excluding carboxylic acids is 1. The minimum atomic E-state index is 0. The molecule has 0 saturated carbocycles. The van der Waals surface area contributed by atoms with Crippen LogP contribution in [0, 0.1) is 0 Å². The number of amides is 1. The lowest BCUT2D eigenvalue weighted by Gasteiger charge is -2.06. The second-order valence-electron chi connectivity index (χ2n) is 3.07. The van der Waals surface area contributed by atoms with Crippen LogP contribution in [0.5, 0.6) is 0 Å². The van der Waals surface area contributed by atoms with Gasteiger partial charge in [-0.05, 0) is 13.3 Å². The Labute approximate surface area is 104 Å². The van der Waals surface area contributed by atoms with E-state index in [2.05, 4.69) is 10.6 Å². The molecule has 0 aromatic rings. The molecule has 2 N–H and O–H groups in total. The van der Waals surface area contributed by atoms with Gasteiger partial charge < -0.3 is 20.1 Å². The van der Waals surface area contributed by atoms with E-state index in [4.69, 9.17) is 9.47 Å². The van der Waals surface area contributed by atoms with E-state index in [0.29, 0.717) is 32.8 Å². The molecule has 0 aliphatic carbocycles. The van der Waals surface area contributed by atoms with Gasteiger partial charge >= 0.3 is 0 Å². The molecule has 6 heteroatoms. The van der Waals surface area contributed by atoms with E-state index in [1.165, 1.54) is 0 Å². The third kappa shape index (κ3) is 13.6. The predicted molar refractivity (Wildman–Crippen MR) is 66.1 cm³/mol. The highest BCUT2D eigenvalue weighted by Crippen LogP contribution is 1.79. The van der Waals surface area contributed by atoms with Crippen LogP contribution in [0.25, 0.3) is 0 Å². The molecule has 0 unspecified atom stereocenters. The van der Waals surface area contributed by atoms with Crippen LogP contribution in [0.4, 0.5) is 0 Å². The second-order valence-corrected chi connectivity index (χ2v) is 3.07. The molecule has 0 rings (SSSR count). The highest BCUT2D eigenvalue weighted by Gasteiger charge is 1.98. The number of ether oxygens (including phenoxy) is 2. The van der Waals surface area contributed by atoms with Crippen LogP contribution >= 0.6 is 12.4 Å². The van der Waals surface area contributed by atoms with Gasteiger partial charge in [-0.3, -0.25) is 4.79 Å². The van der Waals surface area contributed by atoms with E-state index in [0.717, 1.165) is 13.0 Å². The molecule has 0 radical (unpaired) electrons. The fraction of sp³-hybridized carbons (Fsp3) is 0.900. The second kappa shape index (κ2) is 14.6. The molecule has 0 saturated heterocycles. The molecule has 0 fully saturated rings. The van der Waals surface area contributed by atoms with Gasteiger partial charge in [0, 0.05) is 33.4 Å². The molecule has 0 heterocycles. The van der Waals surface area contributed by atoms with Crippen molar-refractivity contribution in [2.75, 3.05) is 46.6 Å². The zero-order valence-electron chi connectivity index (χ0n) is 10.1. The van der Waals surface area contributed by atoms with Crippen molar-refractivity contribution in [3.05, 3.63) is 0 Å². The predicted octanol–water partition coefficient (Wildman–Crippen LogP) is 0.187. The number of nitrogens with one attached hydrogen (secondary N) is 2. The highest BCUT2D eigenvalue weighted by atomic mass is 35.5. The van der Waals surface area contributed by atoms with Crippen molar-refractivity contribution in [3.63, 3.8) is 0 Å². The van der Waals surface area contributed by atoms with E-state index in [1.807, 2.05) is 6.92 Å². The summed E-state index contributed by atoms with van der Waals surface area (Å²) in [5.74, 6) is 0.0163. The third-order valence-corrected chi connectivity index (χ3v) is 1.76. The Bertz CT molecular complexity index is 159. The van der Waals surface area contributed by atoms with Crippen LogP contribution in [0.2, 0.25) is 0 Å². The molecule has 16 heavy (non-hydrogen) atoms. The first-order valence-corrected chi connectivity index (χ1v) is 5.35. The molecular formula is C10H23ClN2O3. The van der Waals surface area contributed by atoms with E-state index >= 15 is 0 Å². The standard InChI is InChI=1S/C10H22N2O3.ClH/c1-3-15-7-4-5-12-10(13)9-11-6-8-14-2;/h11H,3-9H2,1-2H3,(H,12,13);1H. The SMILES string of the molecule is CCOCCCNC(=O)CNCCOC.Cl. The fourth-order valence-electron chi connectivity index (χ4n) is 0.985. The number of hydrogen-bond donors (Lipinski definition) is 2. The molecular weight excluding hydrogens is 232 g/mol. The van der Waals surface area contributed by atoms with Gasteiger partial charge in [0.1, 0.15) is 0 Å². The van der Waals surface area contributed by atoms with Gasteiger partial charge in [-0.15, -0.1) is 12.4 Å². The monoisotopic (exact) mass is 254 g/mol. The van der Waals surface area contributed by atoms with Crippen molar-refractivity contribution in [1.29, 1.82) is 0 Å². The summed E-state index contributed by atoms with van der Waals surface area (Å²) in [4.78, 5) is 11.2. The Balaban J connectivity index is 0. The van der Waals surface area contributed by atoms with Crippen molar-refractivity contribution in [2.45, 2.75) is 13.3 Å². The molecule has 0 atom stereocenters. The quantitative estimate of drug-likeness (QED) is 0.547. The Kier molecular flexibility index (Phi) is 16.5. The Hall–Kier alpha value is -0.360. The maximum Gasteiger partial charge on any atom is 0.233 e. The summed E-state index contributed by atoms with van der Waals surface area (Å²) in [6.07, 6.45) is 0.859. The van der Waals surface area contributed by atoms with Gasteiger partial charge in [0.05, 0.1) is 13.2 Å². The van der Waals surface area contributed by atoms with E-state index in [-0.39, 0.29) is 18.3 Å². The molecule has 98 valence electrons. The van der Waals surface area contributed by atoms with Gasteiger partial charge in [0.2, 0.25) is 5.91 Å². The average molecular weight is 255 g/mol.